The Bertz CT molecular complexity index is 2140. The summed E-state index contributed by atoms with van der Waals surface area (Å²) in [5, 5.41) is 20.0. The molecule has 278 valence electrons. The first-order chi connectivity index (χ1) is 25.1. The summed E-state index contributed by atoms with van der Waals surface area (Å²) in [5.74, 6) is -0.369. The van der Waals surface area contributed by atoms with E-state index in [2.05, 4.69) is 45.7 Å². The first-order valence-electron chi connectivity index (χ1n) is 18.3. The van der Waals surface area contributed by atoms with Gasteiger partial charge in [0, 0.05) is 36.8 Å². The zero-order valence-corrected chi connectivity index (χ0v) is 31.4. The number of nitrogens with one attached hydrogen (secondary N) is 1. The molecule has 3 aliphatic rings. The number of benzene rings is 1. The third kappa shape index (κ3) is 6.86. The standard InChI is InChI=1S/C41H48FN7O4/c1-8-25-19-27(39(2,3)4)21-31(42)35(25)38(51)49-36-30(20-26-11-9-15-41(26,49)52)29(14-16-43-36)32-22-33(37(50)47(7)46-32)45-34-13-12-28(23-44-34)53-40(5,6)24-48-17-10-18-48/h8,12-14,16,19,21-23,26,52H,1,9-11,15,17-18,20,24H2,2-7H3,(H,44,45). The fourth-order valence-corrected chi connectivity index (χ4v) is 7.89. The van der Waals surface area contributed by atoms with Crippen molar-refractivity contribution in [2.75, 3.05) is 29.9 Å². The van der Waals surface area contributed by atoms with Gasteiger partial charge in [-0.05, 0) is 106 Å². The predicted molar refractivity (Wildman–Crippen MR) is 204 cm³/mol. The van der Waals surface area contributed by atoms with Crippen LogP contribution in [0.25, 0.3) is 17.3 Å². The zero-order valence-electron chi connectivity index (χ0n) is 31.4. The molecule has 1 aliphatic carbocycles. The Morgan fingerprint density at radius 1 is 1.13 bits per heavy atom. The lowest BCUT2D eigenvalue weighted by molar-refractivity contribution is -0.00437. The van der Waals surface area contributed by atoms with E-state index in [1.165, 1.54) is 28.1 Å². The largest absolute Gasteiger partial charge is 0.485 e. The number of pyridine rings is 2. The molecule has 7 rings (SSSR count). The molecule has 2 N–H and O–H groups in total. The fourth-order valence-electron chi connectivity index (χ4n) is 7.89. The average molecular weight is 722 g/mol. The van der Waals surface area contributed by atoms with Crippen LogP contribution in [0.1, 0.15) is 87.4 Å². The van der Waals surface area contributed by atoms with E-state index < -0.39 is 17.4 Å². The number of carbonyl (C=O) groups is 1. The van der Waals surface area contributed by atoms with Crippen LogP contribution >= 0.6 is 0 Å². The van der Waals surface area contributed by atoms with Gasteiger partial charge >= 0.3 is 0 Å². The number of aromatic nitrogens is 4. The molecule has 1 saturated heterocycles. The molecule has 4 aromatic rings. The van der Waals surface area contributed by atoms with Crippen LogP contribution in [0.3, 0.4) is 0 Å². The van der Waals surface area contributed by atoms with Crippen molar-refractivity contribution >= 4 is 29.3 Å². The number of rotatable bonds is 9. The highest BCUT2D eigenvalue weighted by Crippen LogP contribution is 2.50. The van der Waals surface area contributed by atoms with Crippen LogP contribution < -0.4 is 20.5 Å². The lowest BCUT2D eigenvalue weighted by Gasteiger charge is -2.45. The molecule has 0 bridgehead atoms. The molecule has 0 radical (unpaired) electrons. The van der Waals surface area contributed by atoms with E-state index in [-0.39, 0.29) is 39.6 Å². The molecule has 1 aromatic carbocycles. The van der Waals surface area contributed by atoms with Gasteiger partial charge in [0.2, 0.25) is 0 Å². The number of carbonyl (C=O) groups excluding carboxylic acids is 1. The predicted octanol–water partition coefficient (Wildman–Crippen LogP) is 6.62. The molecule has 53 heavy (non-hydrogen) atoms. The van der Waals surface area contributed by atoms with Crippen LogP contribution in [0.15, 0.2) is 60.2 Å². The number of amides is 1. The zero-order chi connectivity index (χ0) is 37.9. The van der Waals surface area contributed by atoms with Gasteiger partial charge < -0.3 is 15.2 Å². The lowest BCUT2D eigenvalue weighted by atomic mass is 9.82. The van der Waals surface area contributed by atoms with E-state index in [1.54, 1.807) is 43.7 Å². The van der Waals surface area contributed by atoms with Crippen LogP contribution in [-0.4, -0.2) is 66.6 Å². The molecule has 1 amide bonds. The molecule has 3 aromatic heterocycles. The Hall–Kier alpha value is -4.94. The summed E-state index contributed by atoms with van der Waals surface area (Å²) in [6, 6.07) is 10.2. The molecule has 2 atom stereocenters. The number of fused-ring (bicyclic) bond motifs is 2. The Kier molecular flexibility index (Phi) is 9.26. The molecular weight excluding hydrogens is 673 g/mol. The van der Waals surface area contributed by atoms with Gasteiger partial charge in [-0.2, -0.15) is 5.10 Å². The number of ether oxygens (including phenoxy) is 1. The maximum Gasteiger partial charge on any atom is 0.290 e. The minimum atomic E-state index is -1.56. The second-order valence-electron chi connectivity index (χ2n) is 16.2. The first-order valence-corrected chi connectivity index (χ1v) is 18.3. The van der Waals surface area contributed by atoms with Gasteiger partial charge in [-0.1, -0.05) is 39.5 Å². The van der Waals surface area contributed by atoms with E-state index in [4.69, 9.17) is 4.74 Å². The van der Waals surface area contributed by atoms with Crippen molar-refractivity contribution in [3.05, 3.63) is 93.8 Å². The molecule has 2 unspecified atom stereocenters. The minimum absolute atomic E-state index is 0.164. The van der Waals surface area contributed by atoms with Crippen molar-refractivity contribution in [3.63, 3.8) is 0 Å². The molecule has 1 saturated carbocycles. The van der Waals surface area contributed by atoms with Crippen molar-refractivity contribution in [1.29, 1.82) is 0 Å². The maximum atomic E-state index is 16.0. The summed E-state index contributed by atoms with van der Waals surface area (Å²) in [6.45, 7) is 16.9. The van der Waals surface area contributed by atoms with E-state index >= 15 is 4.39 Å². The third-order valence-electron chi connectivity index (χ3n) is 10.7. The van der Waals surface area contributed by atoms with Crippen LogP contribution in [-0.2, 0) is 18.9 Å². The average Bonchev–Trinajstić information content (AvgIpc) is 3.47. The minimum Gasteiger partial charge on any atom is -0.485 e. The second kappa shape index (κ2) is 13.5. The number of nitrogens with zero attached hydrogens (tertiary/aromatic N) is 6. The highest BCUT2D eigenvalue weighted by atomic mass is 19.1. The van der Waals surface area contributed by atoms with Crippen LogP contribution in [0.5, 0.6) is 5.75 Å². The molecule has 2 aliphatic heterocycles. The van der Waals surface area contributed by atoms with Crippen LogP contribution in [0, 0.1) is 11.7 Å². The Balaban J connectivity index is 1.23. The monoisotopic (exact) mass is 721 g/mol. The van der Waals surface area contributed by atoms with Gasteiger partial charge in [0.1, 0.15) is 40.2 Å². The van der Waals surface area contributed by atoms with Crippen molar-refractivity contribution in [2.24, 2.45) is 13.0 Å². The summed E-state index contributed by atoms with van der Waals surface area (Å²) < 4.78 is 23.5. The van der Waals surface area contributed by atoms with Gasteiger partial charge in [0.05, 0.1) is 17.5 Å². The highest BCUT2D eigenvalue weighted by molar-refractivity contribution is 6.10. The summed E-state index contributed by atoms with van der Waals surface area (Å²) >= 11 is 0. The van der Waals surface area contributed by atoms with Gasteiger partial charge in [-0.25, -0.2) is 19.0 Å². The summed E-state index contributed by atoms with van der Waals surface area (Å²) in [7, 11) is 1.57. The number of anilines is 3. The number of likely N-dealkylation sites (tertiary alicyclic amines) is 1. The van der Waals surface area contributed by atoms with Crippen molar-refractivity contribution < 1.29 is 19.0 Å². The highest BCUT2D eigenvalue weighted by Gasteiger charge is 2.54. The van der Waals surface area contributed by atoms with Crippen molar-refractivity contribution in [3.8, 4) is 17.0 Å². The number of hydrogen-bond acceptors (Lipinski definition) is 9. The van der Waals surface area contributed by atoms with Gasteiger partial charge in [0.25, 0.3) is 11.5 Å². The quantitative estimate of drug-likeness (QED) is 0.196. The molecule has 11 nitrogen and oxygen atoms in total. The fraction of sp³-hybridized carbons (Fsp3) is 0.439. The Morgan fingerprint density at radius 2 is 1.91 bits per heavy atom. The SMILES string of the molecule is C=Cc1cc(C(C)(C)C)cc(F)c1C(=O)N1c2nccc(-c3cc(Nc4ccc(OC(C)(C)CN5CCC5)cn4)c(=O)n(C)n3)c2CC2CCCC21O. The van der Waals surface area contributed by atoms with E-state index in [9.17, 15) is 14.7 Å². The molecular formula is C41H48FN7O4. The van der Waals surface area contributed by atoms with Crippen molar-refractivity contribution in [1.82, 2.24) is 24.6 Å². The van der Waals surface area contributed by atoms with Gasteiger partial charge in [-0.3, -0.25) is 19.4 Å². The molecule has 12 heteroatoms. The number of halogens is 1. The topological polar surface area (TPSA) is 126 Å². The van der Waals surface area contributed by atoms with E-state index in [1.807, 2.05) is 26.8 Å². The molecule has 0 spiro atoms. The number of hydrogen-bond donors (Lipinski definition) is 2. The summed E-state index contributed by atoms with van der Waals surface area (Å²) in [4.78, 5) is 40.7. The van der Waals surface area contributed by atoms with E-state index in [0.717, 1.165) is 25.2 Å². The molecule has 2 fully saturated rings. The smallest absolute Gasteiger partial charge is 0.290 e. The van der Waals surface area contributed by atoms with Gasteiger partial charge in [-0.15, -0.1) is 0 Å². The van der Waals surface area contributed by atoms with E-state index in [0.29, 0.717) is 59.6 Å². The molecule has 5 heterocycles. The third-order valence-corrected chi connectivity index (χ3v) is 10.7. The first kappa shape index (κ1) is 36.4. The lowest BCUT2D eigenvalue weighted by Crippen LogP contribution is -2.58. The Morgan fingerprint density at radius 3 is 2.57 bits per heavy atom. The number of aliphatic hydroxyl groups is 1. The summed E-state index contributed by atoms with van der Waals surface area (Å²) in [6.07, 6.45) is 7.98. The van der Waals surface area contributed by atoms with Crippen molar-refractivity contribution in [2.45, 2.75) is 83.5 Å². The number of aryl methyl sites for hydroxylation is 1. The maximum absolute atomic E-state index is 16.0. The normalized spacial score (nSPS) is 20.0. The Labute approximate surface area is 309 Å². The second-order valence-corrected chi connectivity index (χ2v) is 16.2. The summed E-state index contributed by atoms with van der Waals surface area (Å²) in [5.41, 5.74) is 0.288. The van der Waals surface area contributed by atoms with Gasteiger partial charge in [0.15, 0.2) is 0 Å². The van der Waals surface area contributed by atoms with Crippen LogP contribution in [0.2, 0.25) is 0 Å². The van der Waals surface area contributed by atoms with Crippen LogP contribution in [0.4, 0.5) is 21.7 Å².